The van der Waals surface area contributed by atoms with Gasteiger partial charge in [0.15, 0.2) is 0 Å². The third-order valence-corrected chi connectivity index (χ3v) is 5.97. The summed E-state index contributed by atoms with van der Waals surface area (Å²) in [6.07, 6.45) is 7.28. The number of hydrogen-bond acceptors (Lipinski definition) is 4. The molecule has 2 amide bonds. The lowest BCUT2D eigenvalue weighted by atomic mass is 9.85. The average molecular weight is 449 g/mol. The fraction of sp³-hybridized carbons (Fsp3) is 0.423. The molecule has 7 nitrogen and oxygen atoms in total. The molecule has 33 heavy (non-hydrogen) atoms. The molecule has 1 saturated carbocycles. The van der Waals surface area contributed by atoms with E-state index in [4.69, 9.17) is 4.74 Å². The van der Waals surface area contributed by atoms with E-state index in [-0.39, 0.29) is 36.4 Å². The van der Waals surface area contributed by atoms with E-state index in [0.29, 0.717) is 17.7 Å². The smallest absolute Gasteiger partial charge is 0.255 e. The third-order valence-electron chi connectivity index (χ3n) is 5.97. The molecule has 1 fully saturated rings. The van der Waals surface area contributed by atoms with E-state index in [1.165, 1.54) is 0 Å². The molecule has 1 aromatic carbocycles. The van der Waals surface area contributed by atoms with Crippen molar-refractivity contribution in [3.05, 3.63) is 65.6 Å². The summed E-state index contributed by atoms with van der Waals surface area (Å²) in [6.45, 7) is 6.23. The van der Waals surface area contributed by atoms with Crippen LogP contribution in [0, 0.1) is 12.8 Å². The van der Waals surface area contributed by atoms with Crippen molar-refractivity contribution in [2.24, 2.45) is 5.92 Å². The molecule has 2 unspecified atom stereocenters. The van der Waals surface area contributed by atoms with Crippen LogP contribution >= 0.6 is 0 Å². The number of fused-ring (bicyclic) bond motifs is 1. The SMILES string of the molecule is Cc1ccc2nc(COc3ccccc3C(=O)NC3CCCC(C(=O)NC(C)C)C3)cn2c1. The number of carbonyl (C=O) groups is 2. The van der Waals surface area contributed by atoms with Gasteiger partial charge in [0.2, 0.25) is 5.91 Å². The Labute approximate surface area is 194 Å². The number of amides is 2. The zero-order chi connectivity index (χ0) is 23.4. The number of para-hydroxylation sites is 1. The number of nitrogens with one attached hydrogen (secondary N) is 2. The van der Waals surface area contributed by atoms with Crippen LogP contribution in [0.1, 0.15) is 61.1 Å². The zero-order valence-corrected chi connectivity index (χ0v) is 19.5. The normalized spacial score (nSPS) is 18.3. The highest BCUT2D eigenvalue weighted by molar-refractivity contribution is 5.97. The Balaban J connectivity index is 1.39. The number of aromatic nitrogens is 2. The van der Waals surface area contributed by atoms with Gasteiger partial charge in [-0.15, -0.1) is 0 Å². The van der Waals surface area contributed by atoms with E-state index in [1.807, 2.05) is 61.8 Å². The van der Waals surface area contributed by atoms with Crippen molar-refractivity contribution in [3.8, 4) is 5.75 Å². The molecule has 2 N–H and O–H groups in total. The number of aryl methyl sites for hydroxylation is 1. The summed E-state index contributed by atoms with van der Waals surface area (Å²) >= 11 is 0. The van der Waals surface area contributed by atoms with Crippen LogP contribution in [-0.4, -0.2) is 33.3 Å². The van der Waals surface area contributed by atoms with Gasteiger partial charge in [0.1, 0.15) is 18.0 Å². The summed E-state index contributed by atoms with van der Waals surface area (Å²) in [5.74, 6) is 0.367. The van der Waals surface area contributed by atoms with Crippen molar-refractivity contribution >= 4 is 17.5 Å². The molecule has 1 aliphatic carbocycles. The van der Waals surface area contributed by atoms with Crippen LogP contribution in [0.5, 0.6) is 5.75 Å². The van der Waals surface area contributed by atoms with Gasteiger partial charge in [0.25, 0.3) is 5.91 Å². The summed E-state index contributed by atoms with van der Waals surface area (Å²) in [5.41, 5.74) is 3.30. The van der Waals surface area contributed by atoms with Crippen LogP contribution < -0.4 is 15.4 Å². The van der Waals surface area contributed by atoms with Crippen molar-refractivity contribution in [1.29, 1.82) is 0 Å². The predicted octanol–water partition coefficient (Wildman–Crippen LogP) is 4.03. The van der Waals surface area contributed by atoms with Crippen molar-refractivity contribution in [1.82, 2.24) is 20.0 Å². The second-order valence-corrected chi connectivity index (χ2v) is 9.19. The molecule has 0 bridgehead atoms. The maximum atomic E-state index is 13.1. The van der Waals surface area contributed by atoms with Crippen LogP contribution in [0.3, 0.4) is 0 Å². The largest absolute Gasteiger partial charge is 0.486 e. The lowest BCUT2D eigenvalue weighted by molar-refractivity contribution is -0.126. The van der Waals surface area contributed by atoms with E-state index >= 15 is 0 Å². The van der Waals surface area contributed by atoms with Gasteiger partial charge in [0, 0.05) is 30.4 Å². The minimum atomic E-state index is -0.175. The molecule has 7 heteroatoms. The Hall–Kier alpha value is -3.35. The van der Waals surface area contributed by atoms with Gasteiger partial charge in [-0.25, -0.2) is 4.98 Å². The number of imidazole rings is 1. The second kappa shape index (κ2) is 10.1. The van der Waals surface area contributed by atoms with Gasteiger partial charge in [0.05, 0.1) is 11.3 Å². The van der Waals surface area contributed by atoms with E-state index < -0.39 is 0 Å². The van der Waals surface area contributed by atoms with Crippen LogP contribution in [0.25, 0.3) is 5.65 Å². The maximum Gasteiger partial charge on any atom is 0.255 e. The van der Waals surface area contributed by atoms with Gasteiger partial charge in [-0.3, -0.25) is 9.59 Å². The number of rotatable bonds is 7. The summed E-state index contributed by atoms with van der Waals surface area (Å²) in [4.78, 5) is 30.1. The molecule has 2 atom stereocenters. The third kappa shape index (κ3) is 5.72. The highest BCUT2D eigenvalue weighted by Crippen LogP contribution is 2.26. The first-order valence-corrected chi connectivity index (χ1v) is 11.7. The molecule has 0 radical (unpaired) electrons. The number of hydrogen-bond donors (Lipinski definition) is 2. The number of benzene rings is 1. The number of pyridine rings is 1. The Morgan fingerprint density at radius 3 is 2.79 bits per heavy atom. The molecule has 3 aromatic rings. The quantitative estimate of drug-likeness (QED) is 0.571. The Morgan fingerprint density at radius 1 is 1.15 bits per heavy atom. The standard InChI is InChI=1S/C26H32N4O3/c1-17(2)27-25(31)19-7-6-8-20(13-19)29-26(32)22-9-4-5-10-23(22)33-16-21-15-30-14-18(3)11-12-24(30)28-21/h4-5,9-12,14-15,17,19-20H,6-8,13,16H2,1-3H3,(H,27,31)(H,29,32). The van der Waals surface area contributed by atoms with Gasteiger partial charge in [-0.2, -0.15) is 0 Å². The Kier molecular flexibility index (Phi) is 6.96. The summed E-state index contributed by atoms with van der Waals surface area (Å²) in [7, 11) is 0. The van der Waals surface area contributed by atoms with Gasteiger partial charge < -0.3 is 19.8 Å². The molecule has 0 saturated heterocycles. The molecular weight excluding hydrogens is 416 g/mol. The summed E-state index contributed by atoms with van der Waals surface area (Å²) in [5, 5.41) is 6.11. The van der Waals surface area contributed by atoms with Gasteiger partial charge in [-0.05, 0) is 63.8 Å². The molecular formula is C26H32N4O3. The molecule has 1 aliphatic rings. The zero-order valence-electron chi connectivity index (χ0n) is 19.5. The minimum Gasteiger partial charge on any atom is -0.486 e. The lowest BCUT2D eigenvalue weighted by Gasteiger charge is -2.29. The fourth-order valence-corrected chi connectivity index (χ4v) is 4.38. The highest BCUT2D eigenvalue weighted by atomic mass is 16.5. The second-order valence-electron chi connectivity index (χ2n) is 9.19. The first kappa shape index (κ1) is 22.8. The van der Waals surface area contributed by atoms with Crippen LogP contribution in [0.15, 0.2) is 48.8 Å². The van der Waals surface area contributed by atoms with E-state index in [2.05, 4.69) is 15.6 Å². The predicted molar refractivity (Wildman–Crippen MR) is 127 cm³/mol. The number of nitrogens with zero attached hydrogens (tertiary/aromatic N) is 2. The maximum absolute atomic E-state index is 13.1. The van der Waals surface area contributed by atoms with Crippen molar-refractivity contribution in [2.75, 3.05) is 0 Å². The Morgan fingerprint density at radius 2 is 1.97 bits per heavy atom. The van der Waals surface area contributed by atoms with Crippen LogP contribution in [-0.2, 0) is 11.4 Å². The van der Waals surface area contributed by atoms with Gasteiger partial charge in [-0.1, -0.05) is 24.6 Å². The molecule has 4 rings (SSSR count). The first-order chi connectivity index (χ1) is 15.9. The first-order valence-electron chi connectivity index (χ1n) is 11.7. The highest BCUT2D eigenvalue weighted by Gasteiger charge is 2.29. The topological polar surface area (TPSA) is 84.7 Å². The fourth-order valence-electron chi connectivity index (χ4n) is 4.38. The average Bonchev–Trinajstić information content (AvgIpc) is 3.19. The Bertz CT molecular complexity index is 1140. The van der Waals surface area contributed by atoms with Crippen LogP contribution in [0.4, 0.5) is 0 Å². The molecule has 2 heterocycles. The minimum absolute atomic E-state index is 0.0242. The van der Waals surface area contributed by atoms with E-state index in [0.717, 1.165) is 36.2 Å². The van der Waals surface area contributed by atoms with Crippen LogP contribution in [0.2, 0.25) is 0 Å². The van der Waals surface area contributed by atoms with Crippen molar-refractivity contribution < 1.29 is 14.3 Å². The van der Waals surface area contributed by atoms with E-state index in [1.54, 1.807) is 12.1 Å². The number of carbonyl (C=O) groups excluding carboxylic acids is 2. The lowest BCUT2D eigenvalue weighted by Crippen LogP contribution is -2.43. The summed E-state index contributed by atoms with van der Waals surface area (Å²) in [6, 6.07) is 11.3. The monoisotopic (exact) mass is 448 g/mol. The van der Waals surface area contributed by atoms with E-state index in [9.17, 15) is 9.59 Å². The number of ether oxygens (including phenoxy) is 1. The molecule has 174 valence electrons. The molecule has 0 aliphatic heterocycles. The van der Waals surface area contributed by atoms with Crippen molar-refractivity contribution in [2.45, 2.75) is 65.1 Å². The van der Waals surface area contributed by atoms with Gasteiger partial charge >= 0.3 is 0 Å². The molecule has 2 aromatic heterocycles. The molecule has 0 spiro atoms. The van der Waals surface area contributed by atoms with Crippen molar-refractivity contribution in [3.63, 3.8) is 0 Å². The summed E-state index contributed by atoms with van der Waals surface area (Å²) < 4.78 is 7.97.